The molecule has 0 bridgehead atoms. The monoisotopic (exact) mass is 245 g/mol. The van der Waals surface area contributed by atoms with E-state index in [1.807, 2.05) is 24.3 Å². The van der Waals surface area contributed by atoms with Gasteiger partial charge in [-0.3, -0.25) is 0 Å². The predicted octanol–water partition coefficient (Wildman–Crippen LogP) is 3.39. The second kappa shape index (κ2) is 3.89. The molecule has 2 N–H and O–H groups in total. The number of rotatable bonds is 2. The average molecular weight is 245 g/mol. The fourth-order valence-corrected chi connectivity index (χ4v) is 2.73. The highest BCUT2D eigenvalue weighted by Crippen LogP contribution is 2.50. The first-order valence-electron chi connectivity index (χ1n) is 5.91. The molecule has 0 unspecified atom stereocenters. The van der Waals surface area contributed by atoms with Crippen LogP contribution in [-0.4, -0.2) is 12.5 Å². The molecule has 3 rings (SSSR count). The van der Waals surface area contributed by atoms with Crippen LogP contribution in [0.1, 0.15) is 17.0 Å². The van der Waals surface area contributed by atoms with Crippen LogP contribution >= 0.6 is 0 Å². The molecule has 0 radical (unpaired) electrons. The minimum atomic E-state index is -2.91. The van der Waals surface area contributed by atoms with E-state index in [0.29, 0.717) is 11.1 Å². The summed E-state index contributed by atoms with van der Waals surface area (Å²) in [5.74, 6) is -3.84. The summed E-state index contributed by atoms with van der Waals surface area (Å²) in [7, 11) is 0. The van der Waals surface area contributed by atoms with E-state index in [-0.39, 0.29) is 0 Å². The van der Waals surface area contributed by atoms with E-state index in [4.69, 9.17) is 5.73 Å². The molecule has 1 nitrogen and oxygen atoms in total. The summed E-state index contributed by atoms with van der Waals surface area (Å²) in [6.07, 6.45) is 0. The van der Waals surface area contributed by atoms with Gasteiger partial charge in [-0.25, -0.2) is 8.78 Å². The van der Waals surface area contributed by atoms with Gasteiger partial charge in [-0.15, -0.1) is 0 Å². The normalized spacial score (nSPS) is 14.4. The van der Waals surface area contributed by atoms with Crippen molar-refractivity contribution in [2.75, 3.05) is 6.54 Å². The molecule has 1 aliphatic rings. The van der Waals surface area contributed by atoms with Gasteiger partial charge in [-0.2, -0.15) is 0 Å². The molecule has 2 aromatic carbocycles. The Hall–Kier alpha value is -1.74. The highest BCUT2D eigenvalue weighted by atomic mass is 19.3. The molecular weight excluding hydrogens is 232 g/mol. The third-order valence-electron chi connectivity index (χ3n) is 3.53. The molecule has 0 saturated heterocycles. The van der Waals surface area contributed by atoms with Gasteiger partial charge >= 0.3 is 0 Å². The van der Waals surface area contributed by atoms with Crippen molar-refractivity contribution in [2.45, 2.75) is 11.8 Å². The maximum absolute atomic E-state index is 14.1. The van der Waals surface area contributed by atoms with Crippen LogP contribution in [0.2, 0.25) is 0 Å². The van der Waals surface area contributed by atoms with Gasteiger partial charge < -0.3 is 5.73 Å². The lowest BCUT2D eigenvalue weighted by molar-refractivity contribution is -0.00491. The molecule has 0 saturated carbocycles. The lowest BCUT2D eigenvalue weighted by Crippen LogP contribution is -2.34. The van der Waals surface area contributed by atoms with Gasteiger partial charge in [0, 0.05) is 0 Å². The quantitative estimate of drug-likeness (QED) is 0.862. The number of hydrogen-bond donors (Lipinski definition) is 1. The van der Waals surface area contributed by atoms with Gasteiger partial charge in [0.25, 0.3) is 5.92 Å². The second-order valence-corrected chi connectivity index (χ2v) is 4.57. The minimum absolute atomic E-state index is 0.639. The van der Waals surface area contributed by atoms with Crippen LogP contribution in [0.3, 0.4) is 0 Å². The van der Waals surface area contributed by atoms with E-state index in [0.717, 1.165) is 11.1 Å². The van der Waals surface area contributed by atoms with Crippen molar-refractivity contribution >= 4 is 0 Å². The number of alkyl halides is 2. The molecule has 0 aliphatic heterocycles. The Bertz CT molecular complexity index is 547. The molecule has 0 amide bonds. The topological polar surface area (TPSA) is 26.0 Å². The fourth-order valence-electron chi connectivity index (χ4n) is 2.73. The van der Waals surface area contributed by atoms with Crippen molar-refractivity contribution in [2.24, 2.45) is 5.73 Å². The molecule has 0 aromatic heterocycles. The van der Waals surface area contributed by atoms with Crippen LogP contribution in [0.5, 0.6) is 0 Å². The molecule has 3 heteroatoms. The molecule has 0 fully saturated rings. The predicted molar refractivity (Wildman–Crippen MR) is 67.7 cm³/mol. The van der Waals surface area contributed by atoms with Gasteiger partial charge in [-0.05, 0) is 22.3 Å². The van der Waals surface area contributed by atoms with E-state index in [2.05, 4.69) is 0 Å². The fraction of sp³-hybridized carbons (Fsp3) is 0.200. The van der Waals surface area contributed by atoms with E-state index in [1.54, 1.807) is 24.3 Å². The zero-order valence-electron chi connectivity index (χ0n) is 9.74. The molecule has 92 valence electrons. The highest BCUT2D eigenvalue weighted by Gasteiger charge is 2.45. The van der Waals surface area contributed by atoms with Gasteiger partial charge in [0.2, 0.25) is 0 Å². The number of halogens is 2. The smallest absolute Gasteiger partial charge is 0.270 e. The molecule has 0 heterocycles. The van der Waals surface area contributed by atoms with Crippen LogP contribution in [-0.2, 0) is 0 Å². The Kier molecular flexibility index (Phi) is 2.45. The van der Waals surface area contributed by atoms with Gasteiger partial charge in [0.1, 0.15) is 0 Å². The Balaban J connectivity index is 2.27. The van der Waals surface area contributed by atoms with E-state index < -0.39 is 18.4 Å². The third-order valence-corrected chi connectivity index (χ3v) is 3.53. The van der Waals surface area contributed by atoms with Crippen LogP contribution in [0.15, 0.2) is 48.5 Å². The molecule has 0 spiro atoms. The zero-order chi connectivity index (χ0) is 12.8. The SMILES string of the molecule is NCC(F)(F)C1c2ccccc2-c2ccccc21. The van der Waals surface area contributed by atoms with Crippen molar-refractivity contribution in [1.82, 2.24) is 0 Å². The summed E-state index contributed by atoms with van der Waals surface area (Å²) >= 11 is 0. The Labute approximate surface area is 104 Å². The number of hydrogen-bond acceptors (Lipinski definition) is 1. The van der Waals surface area contributed by atoms with Gasteiger partial charge in [-0.1, -0.05) is 48.5 Å². The molecule has 18 heavy (non-hydrogen) atoms. The first kappa shape index (κ1) is 11.4. The lowest BCUT2D eigenvalue weighted by atomic mass is 9.90. The molecular formula is C15H13F2N. The van der Waals surface area contributed by atoms with E-state index in [1.165, 1.54) is 0 Å². The van der Waals surface area contributed by atoms with Crippen LogP contribution < -0.4 is 5.73 Å². The van der Waals surface area contributed by atoms with Crippen LogP contribution in [0.4, 0.5) is 8.78 Å². The minimum Gasteiger partial charge on any atom is -0.325 e. The Morgan fingerprint density at radius 2 is 1.33 bits per heavy atom. The maximum Gasteiger partial charge on any atom is 0.270 e. The highest BCUT2D eigenvalue weighted by molar-refractivity contribution is 5.79. The van der Waals surface area contributed by atoms with Crippen molar-refractivity contribution in [1.29, 1.82) is 0 Å². The number of fused-ring (bicyclic) bond motifs is 3. The molecule has 0 atom stereocenters. The third kappa shape index (κ3) is 1.47. The molecule has 2 aromatic rings. The first-order valence-corrected chi connectivity index (χ1v) is 5.91. The number of nitrogens with two attached hydrogens (primary N) is 1. The maximum atomic E-state index is 14.1. The summed E-state index contributed by atoms with van der Waals surface area (Å²) in [4.78, 5) is 0. The van der Waals surface area contributed by atoms with Crippen molar-refractivity contribution in [3.05, 3.63) is 59.7 Å². The summed E-state index contributed by atoms with van der Waals surface area (Å²) in [6, 6.07) is 14.7. The zero-order valence-corrected chi connectivity index (χ0v) is 9.74. The van der Waals surface area contributed by atoms with E-state index >= 15 is 0 Å². The van der Waals surface area contributed by atoms with Crippen LogP contribution in [0.25, 0.3) is 11.1 Å². The first-order chi connectivity index (χ1) is 8.65. The Morgan fingerprint density at radius 3 is 1.78 bits per heavy atom. The summed E-state index contributed by atoms with van der Waals surface area (Å²) in [6.45, 7) is -0.639. The average Bonchev–Trinajstić information content (AvgIpc) is 2.74. The van der Waals surface area contributed by atoms with Crippen molar-refractivity contribution in [3.8, 4) is 11.1 Å². The summed E-state index contributed by atoms with van der Waals surface area (Å²) < 4.78 is 28.2. The second-order valence-electron chi connectivity index (χ2n) is 4.57. The van der Waals surface area contributed by atoms with Crippen LogP contribution in [0, 0.1) is 0 Å². The van der Waals surface area contributed by atoms with Gasteiger partial charge in [0.15, 0.2) is 0 Å². The van der Waals surface area contributed by atoms with Crippen molar-refractivity contribution < 1.29 is 8.78 Å². The lowest BCUT2D eigenvalue weighted by Gasteiger charge is -2.23. The summed E-state index contributed by atoms with van der Waals surface area (Å²) in [5.41, 5.74) is 8.39. The largest absolute Gasteiger partial charge is 0.325 e. The summed E-state index contributed by atoms with van der Waals surface area (Å²) in [5, 5.41) is 0. The van der Waals surface area contributed by atoms with E-state index in [9.17, 15) is 8.78 Å². The standard InChI is InChI=1S/C15H13F2N/c16-15(17,9-18)14-12-7-3-1-5-10(12)11-6-2-4-8-13(11)14/h1-8,14H,9,18H2. The Morgan fingerprint density at radius 1 is 0.889 bits per heavy atom. The van der Waals surface area contributed by atoms with Crippen molar-refractivity contribution in [3.63, 3.8) is 0 Å². The molecule has 1 aliphatic carbocycles. The number of benzene rings is 2. The van der Waals surface area contributed by atoms with Gasteiger partial charge in [0.05, 0.1) is 12.5 Å².